The number of nitrogens with one attached hydrogen (secondary N) is 1. The van der Waals surface area contributed by atoms with Gasteiger partial charge in [0, 0.05) is 6.04 Å². The van der Waals surface area contributed by atoms with Crippen LogP contribution in [0.3, 0.4) is 0 Å². The van der Waals surface area contributed by atoms with Crippen molar-refractivity contribution in [3.63, 3.8) is 0 Å². The summed E-state index contributed by atoms with van der Waals surface area (Å²) in [6.45, 7) is 1.72. The largest absolute Gasteiger partial charge is 0.368 e. The number of hydrogen-bond donors (Lipinski definition) is 2. The van der Waals surface area contributed by atoms with Crippen molar-refractivity contribution in [2.75, 3.05) is 0 Å². The fourth-order valence-electron chi connectivity index (χ4n) is 2.57. The smallest absolute Gasteiger partial charge is 0.242 e. The monoisotopic (exact) mass is 250 g/mol. The Bertz CT molecular complexity index is 443. The second-order valence-corrected chi connectivity index (χ2v) is 5.13. The maximum Gasteiger partial charge on any atom is 0.242 e. The van der Waals surface area contributed by atoms with Crippen LogP contribution < -0.4 is 11.1 Å². The highest BCUT2D eigenvalue weighted by Gasteiger charge is 2.36. The number of amides is 1. The predicted octanol–water partition coefficient (Wildman–Crippen LogP) is 2.06. The number of primary amides is 1. The van der Waals surface area contributed by atoms with Crippen molar-refractivity contribution in [3.8, 4) is 0 Å². The van der Waals surface area contributed by atoms with E-state index in [9.17, 15) is 9.18 Å². The van der Waals surface area contributed by atoms with Gasteiger partial charge in [-0.05, 0) is 37.5 Å². The van der Waals surface area contributed by atoms with Gasteiger partial charge in [0.15, 0.2) is 0 Å². The Morgan fingerprint density at radius 2 is 2.11 bits per heavy atom. The summed E-state index contributed by atoms with van der Waals surface area (Å²) in [4.78, 5) is 11.8. The minimum atomic E-state index is -1.00. The molecular formula is C14H19FN2O. The van der Waals surface area contributed by atoms with Gasteiger partial charge in [0.05, 0.1) is 0 Å². The number of benzene rings is 1. The van der Waals surface area contributed by atoms with Gasteiger partial charge in [0.1, 0.15) is 11.4 Å². The molecule has 1 fully saturated rings. The molecule has 4 heteroatoms. The van der Waals surface area contributed by atoms with Crippen LogP contribution in [0.15, 0.2) is 24.3 Å². The van der Waals surface area contributed by atoms with E-state index in [1.165, 1.54) is 12.1 Å². The molecule has 0 bridgehead atoms. The summed E-state index contributed by atoms with van der Waals surface area (Å²) in [5.41, 5.74) is 5.09. The first-order valence-corrected chi connectivity index (χ1v) is 6.36. The Morgan fingerprint density at radius 3 is 2.67 bits per heavy atom. The molecule has 0 aromatic heterocycles. The summed E-state index contributed by atoms with van der Waals surface area (Å²) in [5.74, 6) is -0.826. The van der Waals surface area contributed by atoms with Gasteiger partial charge in [-0.15, -0.1) is 0 Å². The first-order chi connectivity index (χ1) is 8.52. The summed E-state index contributed by atoms with van der Waals surface area (Å²) in [6, 6.07) is 6.34. The molecule has 1 unspecified atom stereocenters. The SMILES string of the molecule is CC(NC1CCCC1)(C(N)=O)c1cccc(F)c1. The average molecular weight is 250 g/mol. The molecule has 1 atom stereocenters. The summed E-state index contributed by atoms with van der Waals surface area (Å²) >= 11 is 0. The first-order valence-electron chi connectivity index (χ1n) is 6.36. The molecule has 18 heavy (non-hydrogen) atoms. The number of carbonyl (C=O) groups is 1. The maximum absolute atomic E-state index is 13.3. The van der Waals surface area contributed by atoms with Gasteiger partial charge >= 0.3 is 0 Å². The predicted molar refractivity (Wildman–Crippen MR) is 68.3 cm³/mol. The van der Waals surface area contributed by atoms with Crippen LogP contribution in [-0.4, -0.2) is 11.9 Å². The van der Waals surface area contributed by atoms with E-state index >= 15 is 0 Å². The molecule has 1 saturated carbocycles. The van der Waals surface area contributed by atoms with Gasteiger partial charge in [-0.2, -0.15) is 0 Å². The van der Waals surface area contributed by atoms with E-state index < -0.39 is 11.4 Å². The number of halogens is 1. The number of nitrogens with two attached hydrogens (primary N) is 1. The minimum Gasteiger partial charge on any atom is -0.368 e. The topological polar surface area (TPSA) is 55.1 Å². The second-order valence-electron chi connectivity index (χ2n) is 5.13. The van der Waals surface area contributed by atoms with E-state index in [1.54, 1.807) is 19.1 Å². The Hall–Kier alpha value is -1.42. The summed E-state index contributed by atoms with van der Waals surface area (Å²) in [6.07, 6.45) is 4.40. The normalized spacial score (nSPS) is 19.7. The Balaban J connectivity index is 2.28. The van der Waals surface area contributed by atoms with Crippen LogP contribution >= 0.6 is 0 Å². The fraction of sp³-hybridized carbons (Fsp3) is 0.500. The highest BCUT2D eigenvalue weighted by atomic mass is 19.1. The molecule has 0 heterocycles. The highest BCUT2D eigenvalue weighted by Crippen LogP contribution is 2.26. The van der Waals surface area contributed by atoms with Crippen LogP contribution in [0.2, 0.25) is 0 Å². The highest BCUT2D eigenvalue weighted by molar-refractivity contribution is 5.85. The zero-order chi connectivity index (χ0) is 13.2. The van der Waals surface area contributed by atoms with E-state index in [2.05, 4.69) is 5.32 Å². The second kappa shape index (κ2) is 5.06. The fourth-order valence-corrected chi connectivity index (χ4v) is 2.57. The van der Waals surface area contributed by atoms with E-state index in [1.807, 2.05) is 0 Å². The number of hydrogen-bond acceptors (Lipinski definition) is 2. The third kappa shape index (κ3) is 2.53. The maximum atomic E-state index is 13.3. The zero-order valence-electron chi connectivity index (χ0n) is 10.6. The quantitative estimate of drug-likeness (QED) is 0.859. The number of carbonyl (C=O) groups excluding carboxylic acids is 1. The molecule has 2 rings (SSSR count). The molecule has 3 N–H and O–H groups in total. The van der Waals surface area contributed by atoms with Crippen molar-refractivity contribution in [1.82, 2.24) is 5.32 Å². The standard InChI is InChI=1S/C14H19FN2O/c1-14(13(16)18,17-12-7-2-3-8-12)10-5-4-6-11(15)9-10/h4-6,9,12,17H,2-3,7-8H2,1H3,(H2,16,18). The summed E-state index contributed by atoms with van der Waals surface area (Å²) in [7, 11) is 0. The lowest BCUT2D eigenvalue weighted by atomic mass is 9.90. The van der Waals surface area contributed by atoms with Crippen LogP contribution in [-0.2, 0) is 10.3 Å². The molecule has 1 aliphatic rings. The van der Waals surface area contributed by atoms with Crippen molar-refractivity contribution in [1.29, 1.82) is 0 Å². The lowest BCUT2D eigenvalue weighted by molar-refractivity contribution is -0.124. The summed E-state index contributed by atoms with van der Waals surface area (Å²) < 4.78 is 13.3. The van der Waals surface area contributed by atoms with Crippen LogP contribution in [0.25, 0.3) is 0 Å². The molecule has 1 aromatic carbocycles. The number of rotatable bonds is 4. The van der Waals surface area contributed by atoms with Crippen LogP contribution in [0.1, 0.15) is 38.2 Å². The molecule has 1 aliphatic carbocycles. The summed E-state index contributed by atoms with van der Waals surface area (Å²) in [5, 5.41) is 3.29. The molecular weight excluding hydrogens is 231 g/mol. The minimum absolute atomic E-state index is 0.283. The lowest BCUT2D eigenvalue weighted by Gasteiger charge is -2.31. The molecule has 1 amide bonds. The van der Waals surface area contributed by atoms with E-state index in [0.29, 0.717) is 5.56 Å². The van der Waals surface area contributed by atoms with Crippen molar-refractivity contribution in [2.24, 2.45) is 5.73 Å². The van der Waals surface area contributed by atoms with E-state index in [0.717, 1.165) is 25.7 Å². The molecule has 0 aliphatic heterocycles. The average Bonchev–Trinajstić information content (AvgIpc) is 2.81. The third-order valence-electron chi connectivity index (χ3n) is 3.74. The van der Waals surface area contributed by atoms with Crippen molar-refractivity contribution < 1.29 is 9.18 Å². The van der Waals surface area contributed by atoms with Crippen LogP contribution in [0.5, 0.6) is 0 Å². The van der Waals surface area contributed by atoms with Crippen molar-refractivity contribution >= 4 is 5.91 Å². The van der Waals surface area contributed by atoms with Gasteiger partial charge in [-0.25, -0.2) is 4.39 Å². The lowest BCUT2D eigenvalue weighted by Crippen LogP contribution is -2.53. The molecule has 3 nitrogen and oxygen atoms in total. The first kappa shape index (κ1) is 13.0. The van der Waals surface area contributed by atoms with Gasteiger partial charge in [0.2, 0.25) is 5.91 Å². The Labute approximate surface area is 107 Å². The van der Waals surface area contributed by atoms with Gasteiger partial charge < -0.3 is 5.73 Å². The zero-order valence-corrected chi connectivity index (χ0v) is 10.6. The van der Waals surface area contributed by atoms with E-state index in [-0.39, 0.29) is 11.9 Å². The van der Waals surface area contributed by atoms with Gasteiger partial charge in [0.25, 0.3) is 0 Å². The Kier molecular flexibility index (Phi) is 3.66. The van der Waals surface area contributed by atoms with Crippen molar-refractivity contribution in [3.05, 3.63) is 35.6 Å². The van der Waals surface area contributed by atoms with Gasteiger partial charge in [-0.3, -0.25) is 10.1 Å². The van der Waals surface area contributed by atoms with E-state index in [4.69, 9.17) is 5.73 Å². The molecule has 0 radical (unpaired) electrons. The van der Waals surface area contributed by atoms with Crippen LogP contribution in [0, 0.1) is 5.82 Å². The molecule has 1 aromatic rings. The Morgan fingerprint density at radius 1 is 1.44 bits per heavy atom. The van der Waals surface area contributed by atoms with Gasteiger partial charge in [-0.1, -0.05) is 25.0 Å². The molecule has 98 valence electrons. The van der Waals surface area contributed by atoms with Crippen LogP contribution in [0.4, 0.5) is 4.39 Å². The third-order valence-corrected chi connectivity index (χ3v) is 3.74. The molecule has 0 spiro atoms. The van der Waals surface area contributed by atoms with Crippen molar-refractivity contribution in [2.45, 2.75) is 44.2 Å². The molecule has 0 saturated heterocycles.